The second kappa shape index (κ2) is 24.6. The first-order valence-corrected chi connectivity index (χ1v) is 13.9. The molecule has 0 aromatic heterocycles. The molecule has 0 heterocycles. The van der Waals surface area contributed by atoms with Crippen LogP contribution in [0.4, 0.5) is 0 Å². The summed E-state index contributed by atoms with van der Waals surface area (Å²) in [6, 6.07) is 0. The Morgan fingerprint density at radius 1 is 0.562 bits per heavy atom. The van der Waals surface area contributed by atoms with Crippen molar-refractivity contribution in [3.05, 3.63) is 0 Å². The molecule has 1 atom stereocenters. The minimum atomic E-state index is -0.193. The summed E-state index contributed by atoms with van der Waals surface area (Å²) in [5.41, 5.74) is 0. The van der Waals surface area contributed by atoms with Crippen molar-refractivity contribution < 1.29 is 19.1 Å². The number of esters is 2. The fourth-order valence-corrected chi connectivity index (χ4v) is 3.96. The van der Waals surface area contributed by atoms with Crippen molar-refractivity contribution in [2.75, 3.05) is 6.61 Å². The van der Waals surface area contributed by atoms with Crippen LogP contribution >= 0.6 is 0 Å². The summed E-state index contributed by atoms with van der Waals surface area (Å²) < 4.78 is 10.7. The Balaban J connectivity index is 3.41. The molecule has 0 rings (SSSR count). The summed E-state index contributed by atoms with van der Waals surface area (Å²) in [5.74, 6) is -0.383. The molecule has 4 heteroatoms. The van der Waals surface area contributed by atoms with E-state index < -0.39 is 0 Å². The number of ether oxygens (including phenoxy) is 2. The van der Waals surface area contributed by atoms with E-state index in [0.29, 0.717) is 25.9 Å². The minimum Gasteiger partial charge on any atom is -0.466 e. The number of carbonyl (C=O) groups is 2. The van der Waals surface area contributed by atoms with Crippen molar-refractivity contribution in [3.8, 4) is 0 Å². The van der Waals surface area contributed by atoms with Crippen LogP contribution in [0.3, 0.4) is 0 Å². The van der Waals surface area contributed by atoms with Gasteiger partial charge in [0.15, 0.2) is 0 Å². The van der Waals surface area contributed by atoms with Crippen LogP contribution in [0.15, 0.2) is 0 Å². The summed E-state index contributed by atoms with van der Waals surface area (Å²) in [6.07, 6.45) is 23.6. The first-order chi connectivity index (χ1) is 15.6. The Hall–Kier alpha value is -1.06. The summed E-state index contributed by atoms with van der Waals surface area (Å²) >= 11 is 0. The third kappa shape index (κ3) is 23.6. The highest BCUT2D eigenvalue weighted by Gasteiger charge is 2.11. The first kappa shape index (κ1) is 30.9. The highest BCUT2D eigenvalue weighted by atomic mass is 16.5. The minimum absolute atomic E-state index is 0.0262. The van der Waals surface area contributed by atoms with Gasteiger partial charge < -0.3 is 9.47 Å². The molecule has 4 nitrogen and oxygen atoms in total. The molecule has 0 radical (unpaired) electrons. The van der Waals surface area contributed by atoms with Crippen molar-refractivity contribution in [2.24, 2.45) is 0 Å². The fourth-order valence-electron chi connectivity index (χ4n) is 3.96. The average Bonchev–Trinajstić information content (AvgIpc) is 2.77. The van der Waals surface area contributed by atoms with Gasteiger partial charge in [-0.25, -0.2) is 0 Å². The lowest BCUT2D eigenvalue weighted by Gasteiger charge is -2.13. The van der Waals surface area contributed by atoms with Crippen LogP contribution in [0.1, 0.15) is 156 Å². The predicted molar refractivity (Wildman–Crippen MR) is 135 cm³/mol. The molecule has 0 amide bonds. The SMILES string of the molecule is CCCCCCCCCCCCCOC(=O)CCCC(=O)OC(C)CCCCCCCC. The molecule has 0 N–H and O–H groups in total. The molecule has 1 unspecified atom stereocenters. The summed E-state index contributed by atoms with van der Waals surface area (Å²) in [5, 5.41) is 0. The smallest absolute Gasteiger partial charge is 0.306 e. The molecule has 32 heavy (non-hydrogen) atoms. The van der Waals surface area contributed by atoms with E-state index in [9.17, 15) is 9.59 Å². The Morgan fingerprint density at radius 3 is 1.53 bits per heavy atom. The molecule has 0 aliphatic carbocycles. The zero-order valence-corrected chi connectivity index (χ0v) is 21.8. The zero-order chi connectivity index (χ0) is 23.7. The van der Waals surface area contributed by atoms with Crippen LogP contribution in [0.2, 0.25) is 0 Å². The molecular weight excluding hydrogens is 400 g/mol. The first-order valence-electron chi connectivity index (χ1n) is 13.9. The molecule has 0 saturated heterocycles. The van der Waals surface area contributed by atoms with Crippen LogP contribution in [-0.4, -0.2) is 24.6 Å². The number of rotatable bonds is 24. The van der Waals surface area contributed by atoms with Crippen LogP contribution < -0.4 is 0 Å². The van der Waals surface area contributed by atoms with Crippen molar-refractivity contribution in [2.45, 2.75) is 162 Å². The third-order valence-electron chi connectivity index (χ3n) is 6.07. The van der Waals surface area contributed by atoms with E-state index in [1.165, 1.54) is 89.9 Å². The van der Waals surface area contributed by atoms with E-state index in [1.807, 2.05) is 6.92 Å². The molecule has 0 aromatic rings. The summed E-state index contributed by atoms with van der Waals surface area (Å²) in [7, 11) is 0. The molecular formula is C28H54O4. The molecule has 190 valence electrons. The molecule has 0 fully saturated rings. The number of carbonyl (C=O) groups excluding carboxylic acids is 2. The Morgan fingerprint density at radius 2 is 1.00 bits per heavy atom. The van der Waals surface area contributed by atoms with E-state index in [0.717, 1.165) is 25.7 Å². The summed E-state index contributed by atoms with van der Waals surface area (Å²) in [4.78, 5) is 23.7. The van der Waals surface area contributed by atoms with E-state index in [4.69, 9.17) is 9.47 Å². The second-order valence-electron chi connectivity index (χ2n) is 9.47. The van der Waals surface area contributed by atoms with Gasteiger partial charge in [-0.1, -0.05) is 110 Å². The third-order valence-corrected chi connectivity index (χ3v) is 6.07. The zero-order valence-electron chi connectivity index (χ0n) is 21.8. The lowest BCUT2D eigenvalue weighted by molar-refractivity contribution is -0.149. The van der Waals surface area contributed by atoms with E-state index in [-0.39, 0.29) is 18.0 Å². The van der Waals surface area contributed by atoms with Gasteiger partial charge in [-0.15, -0.1) is 0 Å². The average molecular weight is 455 g/mol. The number of hydrogen-bond acceptors (Lipinski definition) is 4. The number of hydrogen-bond donors (Lipinski definition) is 0. The van der Waals surface area contributed by atoms with Crippen LogP contribution in [0.25, 0.3) is 0 Å². The normalized spacial score (nSPS) is 12.0. The van der Waals surface area contributed by atoms with E-state index in [2.05, 4.69) is 13.8 Å². The van der Waals surface area contributed by atoms with Gasteiger partial charge in [0.2, 0.25) is 0 Å². The van der Waals surface area contributed by atoms with Gasteiger partial charge >= 0.3 is 11.9 Å². The van der Waals surface area contributed by atoms with Crippen LogP contribution in [-0.2, 0) is 19.1 Å². The van der Waals surface area contributed by atoms with Gasteiger partial charge in [-0.05, 0) is 32.6 Å². The van der Waals surface area contributed by atoms with Crippen molar-refractivity contribution in [3.63, 3.8) is 0 Å². The largest absolute Gasteiger partial charge is 0.466 e. The van der Waals surface area contributed by atoms with Gasteiger partial charge in [-0.3, -0.25) is 9.59 Å². The predicted octanol–water partition coefficient (Wildman–Crippen LogP) is 8.69. The Bertz CT molecular complexity index is 422. The Kier molecular flexibility index (Phi) is 23.8. The number of unbranched alkanes of at least 4 members (excludes halogenated alkanes) is 15. The Labute approximate surface area is 199 Å². The monoisotopic (exact) mass is 454 g/mol. The van der Waals surface area contributed by atoms with Crippen molar-refractivity contribution in [1.29, 1.82) is 0 Å². The van der Waals surface area contributed by atoms with Gasteiger partial charge in [0.05, 0.1) is 12.7 Å². The quantitative estimate of drug-likeness (QED) is 0.108. The summed E-state index contributed by atoms with van der Waals surface area (Å²) in [6.45, 7) is 6.95. The molecule has 0 bridgehead atoms. The highest BCUT2D eigenvalue weighted by Crippen LogP contribution is 2.13. The standard InChI is InChI=1S/C28H54O4/c1-4-6-8-10-12-13-14-15-16-18-20-25-31-27(29)23-21-24-28(30)32-26(3)22-19-17-11-9-7-5-2/h26H,4-25H2,1-3H3. The van der Waals surface area contributed by atoms with E-state index in [1.54, 1.807) is 0 Å². The van der Waals surface area contributed by atoms with Crippen LogP contribution in [0, 0.1) is 0 Å². The molecule has 0 saturated carbocycles. The molecule has 0 aliphatic rings. The van der Waals surface area contributed by atoms with Gasteiger partial charge in [0, 0.05) is 12.8 Å². The van der Waals surface area contributed by atoms with Crippen molar-refractivity contribution in [1.82, 2.24) is 0 Å². The molecule has 0 aliphatic heterocycles. The maximum Gasteiger partial charge on any atom is 0.306 e. The molecule has 0 spiro atoms. The topological polar surface area (TPSA) is 52.6 Å². The van der Waals surface area contributed by atoms with Crippen molar-refractivity contribution >= 4 is 11.9 Å². The van der Waals surface area contributed by atoms with E-state index >= 15 is 0 Å². The fraction of sp³-hybridized carbons (Fsp3) is 0.929. The van der Waals surface area contributed by atoms with Crippen LogP contribution in [0.5, 0.6) is 0 Å². The second-order valence-corrected chi connectivity index (χ2v) is 9.47. The lowest BCUT2D eigenvalue weighted by atomic mass is 10.1. The highest BCUT2D eigenvalue weighted by molar-refractivity contribution is 5.72. The van der Waals surface area contributed by atoms with Gasteiger partial charge in [0.25, 0.3) is 0 Å². The molecule has 0 aromatic carbocycles. The van der Waals surface area contributed by atoms with Gasteiger partial charge in [0.1, 0.15) is 0 Å². The maximum atomic E-state index is 11.9. The lowest BCUT2D eigenvalue weighted by Crippen LogP contribution is -2.15. The maximum absolute atomic E-state index is 11.9. The van der Waals surface area contributed by atoms with Gasteiger partial charge in [-0.2, -0.15) is 0 Å².